The Balaban J connectivity index is 1.32. The number of hydrogen-bond donors (Lipinski definition) is 1. The first-order valence-electron chi connectivity index (χ1n) is 11.6. The van der Waals surface area contributed by atoms with Crippen LogP contribution in [0.15, 0.2) is 77.8 Å². The second-order valence-corrected chi connectivity index (χ2v) is 9.98. The Morgan fingerprint density at radius 3 is 2.61 bits per heavy atom. The maximum absolute atomic E-state index is 13.3. The molecule has 0 saturated carbocycles. The number of thioether (sulfide) groups is 1. The number of rotatable bonds is 7. The molecule has 0 aliphatic carbocycles. The number of aliphatic imine (C=N–C) groups is 1. The molecule has 1 unspecified atom stereocenters. The fourth-order valence-electron chi connectivity index (χ4n) is 3.93. The Morgan fingerprint density at radius 1 is 1.03 bits per heavy atom. The van der Waals surface area contributed by atoms with Crippen LogP contribution in [-0.4, -0.2) is 40.5 Å². The summed E-state index contributed by atoms with van der Waals surface area (Å²) in [7, 11) is 0. The molecule has 3 aromatic rings. The first-order chi connectivity index (χ1) is 17.5. The molecule has 9 heteroatoms. The van der Waals surface area contributed by atoms with E-state index in [0.29, 0.717) is 40.5 Å². The molecule has 1 N–H and O–H groups in total. The molecule has 3 aromatic carbocycles. The number of fused-ring (bicyclic) bond motifs is 1. The molecular formula is C27H24ClN3O4S. The highest BCUT2D eigenvalue weighted by Crippen LogP contribution is 2.35. The van der Waals surface area contributed by atoms with Gasteiger partial charge in [0.25, 0.3) is 0 Å². The maximum Gasteiger partial charge on any atom is 0.234 e. The number of amides is 2. The molecular weight excluding hydrogens is 498 g/mol. The van der Waals surface area contributed by atoms with Gasteiger partial charge in [0.2, 0.25) is 18.6 Å². The summed E-state index contributed by atoms with van der Waals surface area (Å²) in [4.78, 5) is 32.6. The van der Waals surface area contributed by atoms with E-state index in [9.17, 15) is 9.59 Å². The van der Waals surface area contributed by atoms with Crippen LogP contribution in [0.1, 0.15) is 17.5 Å². The van der Waals surface area contributed by atoms with Crippen molar-refractivity contribution in [1.82, 2.24) is 10.2 Å². The van der Waals surface area contributed by atoms with Crippen molar-refractivity contribution in [3.63, 3.8) is 0 Å². The second kappa shape index (κ2) is 11.1. The summed E-state index contributed by atoms with van der Waals surface area (Å²) < 4.78 is 10.9. The Labute approximate surface area is 218 Å². The molecule has 7 nitrogen and oxygen atoms in total. The molecule has 36 heavy (non-hydrogen) atoms. The minimum absolute atomic E-state index is 0.0893. The summed E-state index contributed by atoms with van der Waals surface area (Å²) in [5, 5.41) is 3.47. The van der Waals surface area contributed by atoms with Crippen molar-refractivity contribution in [2.75, 3.05) is 13.3 Å². The van der Waals surface area contributed by atoms with Crippen LogP contribution in [0.2, 0.25) is 5.02 Å². The molecule has 0 spiro atoms. The normalized spacial score (nSPS) is 17.9. The van der Waals surface area contributed by atoms with Gasteiger partial charge in [-0.1, -0.05) is 59.8 Å². The van der Waals surface area contributed by atoms with Crippen molar-refractivity contribution in [3.8, 4) is 11.5 Å². The highest BCUT2D eigenvalue weighted by atomic mass is 35.5. The van der Waals surface area contributed by atoms with E-state index in [4.69, 9.17) is 26.1 Å². The van der Waals surface area contributed by atoms with Gasteiger partial charge in [0, 0.05) is 18.0 Å². The van der Waals surface area contributed by atoms with Gasteiger partial charge in [-0.3, -0.25) is 14.5 Å². The van der Waals surface area contributed by atoms with Crippen molar-refractivity contribution in [1.29, 1.82) is 0 Å². The summed E-state index contributed by atoms with van der Waals surface area (Å²) >= 11 is 7.32. The molecule has 2 aliphatic heterocycles. The lowest BCUT2D eigenvalue weighted by Gasteiger charge is -2.32. The number of hydrogen-bond acceptors (Lipinski definition) is 6. The molecule has 2 amide bonds. The van der Waals surface area contributed by atoms with E-state index in [2.05, 4.69) is 5.32 Å². The zero-order chi connectivity index (χ0) is 24.9. The molecule has 1 atom stereocenters. The zero-order valence-corrected chi connectivity index (χ0v) is 20.9. The van der Waals surface area contributed by atoms with Gasteiger partial charge in [-0.05, 0) is 53.9 Å². The average molecular weight is 522 g/mol. The van der Waals surface area contributed by atoms with Crippen LogP contribution < -0.4 is 14.8 Å². The SMILES string of the molecule is O=C(NCCc1ccccc1)C1CC(=O)N(Cc2ccc3c(c2)OCO3)C(=Nc2ccc(Cl)cc2)S1. The fourth-order valence-corrected chi connectivity index (χ4v) is 5.18. The number of benzene rings is 3. The van der Waals surface area contributed by atoms with Crippen molar-refractivity contribution in [2.45, 2.75) is 24.6 Å². The lowest BCUT2D eigenvalue weighted by molar-refractivity contribution is -0.130. The highest BCUT2D eigenvalue weighted by Gasteiger charge is 2.36. The number of ether oxygens (including phenoxy) is 2. The third kappa shape index (κ3) is 5.83. The third-order valence-electron chi connectivity index (χ3n) is 5.82. The number of nitrogens with one attached hydrogen (secondary N) is 1. The first-order valence-corrected chi connectivity index (χ1v) is 12.8. The number of amidine groups is 1. The summed E-state index contributed by atoms with van der Waals surface area (Å²) in [5.74, 6) is 0.995. The predicted molar refractivity (Wildman–Crippen MR) is 141 cm³/mol. The molecule has 0 aromatic heterocycles. The highest BCUT2D eigenvalue weighted by molar-refractivity contribution is 8.15. The van der Waals surface area contributed by atoms with Crippen LogP contribution in [0.4, 0.5) is 5.69 Å². The van der Waals surface area contributed by atoms with Crippen molar-refractivity contribution in [3.05, 3.63) is 88.9 Å². The van der Waals surface area contributed by atoms with Crippen molar-refractivity contribution < 1.29 is 19.1 Å². The lowest BCUT2D eigenvalue weighted by Crippen LogP contribution is -2.46. The number of halogens is 1. The average Bonchev–Trinajstić information content (AvgIpc) is 3.36. The van der Waals surface area contributed by atoms with Gasteiger partial charge in [0.05, 0.1) is 17.5 Å². The van der Waals surface area contributed by atoms with Gasteiger partial charge in [-0.25, -0.2) is 4.99 Å². The van der Waals surface area contributed by atoms with E-state index in [-0.39, 0.29) is 25.0 Å². The van der Waals surface area contributed by atoms with Gasteiger partial charge in [-0.15, -0.1) is 0 Å². The summed E-state index contributed by atoms with van der Waals surface area (Å²) in [6.45, 7) is 0.984. The van der Waals surface area contributed by atoms with E-state index in [1.165, 1.54) is 11.8 Å². The molecule has 1 fully saturated rings. The molecule has 184 valence electrons. The number of carbonyl (C=O) groups excluding carboxylic acids is 2. The topological polar surface area (TPSA) is 80.2 Å². The molecule has 5 rings (SSSR count). The minimum Gasteiger partial charge on any atom is -0.454 e. The second-order valence-electron chi connectivity index (χ2n) is 8.38. The largest absolute Gasteiger partial charge is 0.454 e. The molecule has 2 aliphatic rings. The zero-order valence-electron chi connectivity index (χ0n) is 19.4. The van der Waals surface area contributed by atoms with Gasteiger partial charge in [-0.2, -0.15) is 0 Å². The number of carbonyl (C=O) groups is 2. The van der Waals surface area contributed by atoms with Crippen LogP contribution in [-0.2, 0) is 22.6 Å². The lowest BCUT2D eigenvalue weighted by atomic mass is 10.1. The van der Waals surface area contributed by atoms with Gasteiger partial charge < -0.3 is 14.8 Å². The summed E-state index contributed by atoms with van der Waals surface area (Å²) in [6, 6.07) is 22.6. The minimum atomic E-state index is -0.563. The number of nitrogens with zero attached hydrogens (tertiary/aromatic N) is 2. The maximum atomic E-state index is 13.3. The van der Waals surface area contributed by atoms with Crippen LogP contribution in [0.3, 0.4) is 0 Å². The monoisotopic (exact) mass is 521 g/mol. The summed E-state index contributed by atoms with van der Waals surface area (Å²) in [6.07, 6.45) is 0.811. The van der Waals surface area contributed by atoms with Crippen LogP contribution in [0.25, 0.3) is 0 Å². The Morgan fingerprint density at radius 2 is 1.81 bits per heavy atom. The van der Waals surface area contributed by atoms with Crippen LogP contribution in [0.5, 0.6) is 11.5 Å². The Bertz CT molecular complexity index is 1280. The smallest absolute Gasteiger partial charge is 0.234 e. The van der Waals surface area contributed by atoms with E-state index in [1.54, 1.807) is 29.2 Å². The standard InChI is InChI=1S/C27H24ClN3O4S/c28-20-7-9-21(10-8-20)30-27-31(16-19-6-11-22-23(14-19)35-17-34-22)25(32)15-24(36-27)26(33)29-13-12-18-4-2-1-3-5-18/h1-11,14,24H,12-13,15-17H2,(H,29,33). The van der Waals surface area contributed by atoms with E-state index >= 15 is 0 Å². The van der Waals surface area contributed by atoms with Crippen LogP contribution >= 0.6 is 23.4 Å². The van der Waals surface area contributed by atoms with E-state index in [0.717, 1.165) is 17.5 Å². The van der Waals surface area contributed by atoms with Gasteiger partial charge in [0.1, 0.15) is 0 Å². The Kier molecular flexibility index (Phi) is 7.44. The quantitative estimate of drug-likeness (QED) is 0.476. The van der Waals surface area contributed by atoms with Gasteiger partial charge in [0.15, 0.2) is 16.7 Å². The predicted octanol–water partition coefficient (Wildman–Crippen LogP) is 4.95. The molecule has 0 radical (unpaired) electrons. The van der Waals surface area contributed by atoms with Crippen LogP contribution in [0, 0.1) is 0 Å². The van der Waals surface area contributed by atoms with Crippen molar-refractivity contribution in [2.24, 2.45) is 4.99 Å². The fraction of sp³-hybridized carbons (Fsp3) is 0.222. The Hall–Kier alpha value is -3.49. The molecule has 1 saturated heterocycles. The molecule has 2 heterocycles. The first kappa shape index (κ1) is 24.2. The summed E-state index contributed by atoms with van der Waals surface area (Å²) in [5.41, 5.74) is 2.67. The molecule has 0 bridgehead atoms. The third-order valence-corrected chi connectivity index (χ3v) is 7.26. The van der Waals surface area contributed by atoms with Gasteiger partial charge >= 0.3 is 0 Å². The van der Waals surface area contributed by atoms with E-state index < -0.39 is 5.25 Å². The van der Waals surface area contributed by atoms with E-state index in [1.807, 2.05) is 48.5 Å². The van der Waals surface area contributed by atoms with Crippen molar-refractivity contribution >= 4 is 46.0 Å².